The van der Waals surface area contributed by atoms with E-state index in [0.29, 0.717) is 5.92 Å². The van der Waals surface area contributed by atoms with Gasteiger partial charge in [-0.05, 0) is 95.8 Å². The molecule has 6 N–H and O–H groups in total. The quantitative estimate of drug-likeness (QED) is 0.419. The number of hydrogen-bond acceptors (Lipinski definition) is 3. The first-order chi connectivity index (χ1) is 11.4. The van der Waals surface area contributed by atoms with Crippen molar-refractivity contribution in [2.24, 2.45) is 39.4 Å². The van der Waals surface area contributed by atoms with E-state index in [-0.39, 0.29) is 32.9 Å². The van der Waals surface area contributed by atoms with Gasteiger partial charge in [-0.2, -0.15) is 0 Å². The van der Waals surface area contributed by atoms with Gasteiger partial charge >= 0.3 is 0 Å². The van der Waals surface area contributed by atoms with Crippen molar-refractivity contribution in [1.29, 1.82) is 0 Å². The summed E-state index contributed by atoms with van der Waals surface area (Å²) in [6.07, 6.45) is 5.36. The summed E-state index contributed by atoms with van der Waals surface area (Å²) < 4.78 is 0. The molecule has 0 heterocycles. The van der Waals surface area contributed by atoms with E-state index >= 15 is 0 Å². The van der Waals surface area contributed by atoms with E-state index in [2.05, 4.69) is 83.1 Å². The Balaban J connectivity index is 5.69. The zero-order chi connectivity index (χ0) is 22.1. The van der Waals surface area contributed by atoms with E-state index in [1.54, 1.807) is 0 Å². The van der Waals surface area contributed by atoms with E-state index in [9.17, 15) is 0 Å². The van der Waals surface area contributed by atoms with Gasteiger partial charge in [-0.1, -0.05) is 41.5 Å². The van der Waals surface area contributed by atoms with Crippen LogP contribution >= 0.6 is 0 Å². The van der Waals surface area contributed by atoms with Crippen LogP contribution in [0.2, 0.25) is 0 Å². The first-order valence-electron chi connectivity index (χ1n) is 10.8. The van der Waals surface area contributed by atoms with Gasteiger partial charge in [0.15, 0.2) is 0 Å². The van der Waals surface area contributed by atoms with Gasteiger partial charge in [0, 0.05) is 16.6 Å². The molecule has 164 valence electrons. The van der Waals surface area contributed by atoms with Gasteiger partial charge in [0.2, 0.25) is 0 Å². The molecule has 0 unspecified atom stereocenters. The monoisotopic (exact) mass is 383 g/mol. The minimum atomic E-state index is -0.170. The summed E-state index contributed by atoms with van der Waals surface area (Å²) in [6.45, 7) is 27.1. The largest absolute Gasteiger partial charge is 0.326 e. The molecule has 0 saturated heterocycles. The molecule has 3 nitrogen and oxygen atoms in total. The minimum absolute atomic E-state index is 0.153. The van der Waals surface area contributed by atoms with Crippen molar-refractivity contribution in [3.8, 4) is 0 Å². The first kappa shape index (κ1) is 26.9. The fraction of sp³-hybridized carbons (Fsp3) is 1.00. The molecule has 0 bridgehead atoms. The lowest BCUT2D eigenvalue weighted by molar-refractivity contribution is 0.0508. The van der Waals surface area contributed by atoms with E-state index in [4.69, 9.17) is 17.2 Å². The Bertz CT molecular complexity index is 423. The van der Waals surface area contributed by atoms with Crippen molar-refractivity contribution in [3.63, 3.8) is 0 Å². The SMILES string of the molecule is CC(C)(N)CC(C)(C)CC(CC(C)(C)CC(C)(C)N)C(C)(C)CC(C)(C)N. The molecule has 27 heavy (non-hydrogen) atoms. The Morgan fingerprint density at radius 2 is 0.741 bits per heavy atom. The Morgan fingerprint density at radius 3 is 0.963 bits per heavy atom. The summed E-state index contributed by atoms with van der Waals surface area (Å²) in [5, 5.41) is 0. The molecule has 3 heteroatoms. The normalized spacial score (nSPS) is 15.6. The van der Waals surface area contributed by atoms with Gasteiger partial charge < -0.3 is 17.2 Å². The topological polar surface area (TPSA) is 78.1 Å². The summed E-state index contributed by atoms with van der Waals surface area (Å²) in [7, 11) is 0. The molecule has 0 spiro atoms. The summed E-state index contributed by atoms with van der Waals surface area (Å²) in [5.74, 6) is 0.565. The molecular formula is C24H53N3. The standard InChI is InChI=1S/C24H53N3/c1-19(2,15-22(7,8)25)13-18(21(5,6)17-24(11,12)27)14-20(3,4)16-23(9,10)26/h18H,13-17,25-27H2,1-12H3. The average Bonchev–Trinajstić information content (AvgIpc) is 2.15. The summed E-state index contributed by atoms with van der Waals surface area (Å²) in [6, 6.07) is 0. The average molecular weight is 384 g/mol. The summed E-state index contributed by atoms with van der Waals surface area (Å²) >= 11 is 0. The number of hydrogen-bond donors (Lipinski definition) is 3. The zero-order valence-electron chi connectivity index (χ0n) is 20.8. The third kappa shape index (κ3) is 12.9. The molecule has 0 fully saturated rings. The molecule has 0 aromatic heterocycles. The highest BCUT2D eigenvalue weighted by Crippen LogP contribution is 2.49. The molecule has 0 aromatic rings. The highest BCUT2D eigenvalue weighted by Gasteiger charge is 2.41. The van der Waals surface area contributed by atoms with Gasteiger partial charge in [-0.3, -0.25) is 0 Å². The predicted molar refractivity (Wildman–Crippen MR) is 123 cm³/mol. The lowest BCUT2D eigenvalue weighted by Crippen LogP contribution is -2.45. The van der Waals surface area contributed by atoms with Crippen molar-refractivity contribution in [2.45, 2.75) is 132 Å². The zero-order valence-corrected chi connectivity index (χ0v) is 20.8. The molecule has 0 amide bonds. The van der Waals surface area contributed by atoms with Gasteiger partial charge in [0.25, 0.3) is 0 Å². The highest BCUT2D eigenvalue weighted by atomic mass is 14.7. The smallest absolute Gasteiger partial charge is 0.0102 e. The van der Waals surface area contributed by atoms with Crippen LogP contribution in [0.15, 0.2) is 0 Å². The van der Waals surface area contributed by atoms with Crippen molar-refractivity contribution in [2.75, 3.05) is 0 Å². The first-order valence-corrected chi connectivity index (χ1v) is 10.8. The predicted octanol–water partition coefficient (Wildman–Crippen LogP) is 5.84. The lowest BCUT2D eigenvalue weighted by Gasteiger charge is -2.47. The van der Waals surface area contributed by atoms with Crippen LogP contribution in [0, 0.1) is 22.2 Å². The van der Waals surface area contributed by atoms with Crippen molar-refractivity contribution in [3.05, 3.63) is 0 Å². The molecule has 0 aliphatic rings. The van der Waals surface area contributed by atoms with Crippen molar-refractivity contribution < 1.29 is 0 Å². The van der Waals surface area contributed by atoms with Crippen LogP contribution in [0.4, 0.5) is 0 Å². The van der Waals surface area contributed by atoms with E-state index in [1.165, 1.54) is 0 Å². The number of nitrogens with two attached hydrogens (primary N) is 3. The van der Waals surface area contributed by atoms with Crippen LogP contribution in [-0.4, -0.2) is 16.6 Å². The second kappa shape index (κ2) is 8.32. The van der Waals surface area contributed by atoms with Gasteiger partial charge in [0.05, 0.1) is 0 Å². The van der Waals surface area contributed by atoms with E-state index in [1.807, 2.05) is 0 Å². The lowest BCUT2D eigenvalue weighted by atomic mass is 9.59. The van der Waals surface area contributed by atoms with Gasteiger partial charge in [-0.15, -0.1) is 0 Å². The highest BCUT2D eigenvalue weighted by molar-refractivity contribution is 4.94. The Labute approximate surface area is 171 Å². The maximum Gasteiger partial charge on any atom is 0.0102 e. The third-order valence-electron chi connectivity index (χ3n) is 5.48. The Kier molecular flexibility index (Phi) is 8.28. The molecule has 0 aliphatic carbocycles. The fourth-order valence-electron chi connectivity index (χ4n) is 5.89. The van der Waals surface area contributed by atoms with Gasteiger partial charge in [0.1, 0.15) is 0 Å². The fourth-order valence-corrected chi connectivity index (χ4v) is 5.89. The van der Waals surface area contributed by atoms with Gasteiger partial charge in [-0.25, -0.2) is 0 Å². The third-order valence-corrected chi connectivity index (χ3v) is 5.48. The van der Waals surface area contributed by atoms with Crippen LogP contribution in [-0.2, 0) is 0 Å². The second-order valence-corrected chi connectivity index (χ2v) is 13.9. The maximum absolute atomic E-state index is 6.45. The minimum Gasteiger partial charge on any atom is -0.326 e. The Morgan fingerprint density at radius 1 is 0.481 bits per heavy atom. The molecular weight excluding hydrogens is 330 g/mol. The van der Waals surface area contributed by atoms with Crippen LogP contribution in [0.5, 0.6) is 0 Å². The van der Waals surface area contributed by atoms with Crippen LogP contribution in [0.3, 0.4) is 0 Å². The van der Waals surface area contributed by atoms with E-state index < -0.39 is 0 Å². The molecule has 0 rings (SSSR count). The molecule has 0 aromatic carbocycles. The Hall–Kier alpha value is -0.120. The van der Waals surface area contributed by atoms with Crippen molar-refractivity contribution in [1.82, 2.24) is 0 Å². The second-order valence-electron chi connectivity index (χ2n) is 13.9. The number of rotatable bonds is 11. The summed E-state index contributed by atoms with van der Waals surface area (Å²) in [5.41, 5.74) is 19.3. The molecule has 0 aliphatic heterocycles. The van der Waals surface area contributed by atoms with Crippen LogP contribution in [0.1, 0.15) is 115 Å². The van der Waals surface area contributed by atoms with E-state index in [0.717, 1.165) is 32.1 Å². The molecule has 0 radical (unpaired) electrons. The van der Waals surface area contributed by atoms with Crippen LogP contribution < -0.4 is 17.2 Å². The molecule has 0 atom stereocenters. The molecule has 0 saturated carbocycles. The van der Waals surface area contributed by atoms with Crippen LogP contribution in [0.25, 0.3) is 0 Å². The summed E-state index contributed by atoms with van der Waals surface area (Å²) in [4.78, 5) is 0. The maximum atomic E-state index is 6.45. The van der Waals surface area contributed by atoms with Crippen molar-refractivity contribution >= 4 is 0 Å².